The number of carbonyl (C=O) groups is 1. The van der Waals surface area contributed by atoms with Crippen molar-refractivity contribution in [3.8, 4) is 5.69 Å². The molecule has 0 saturated heterocycles. The van der Waals surface area contributed by atoms with E-state index in [2.05, 4.69) is 6.07 Å². The van der Waals surface area contributed by atoms with Gasteiger partial charge in [0.2, 0.25) is 5.91 Å². The quantitative estimate of drug-likeness (QED) is 0.341. The van der Waals surface area contributed by atoms with E-state index in [-0.39, 0.29) is 17.2 Å². The maximum absolute atomic E-state index is 13.5. The largest absolute Gasteiger partial charge is 0.311 e. The number of hydrogen-bond donors (Lipinski definition) is 0. The molecule has 1 aromatic heterocycles. The molecule has 6 heteroatoms. The third-order valence-corrected chi connectivity index (χ3v) is 6.79. The van der Waals surface area contributed by atoms with Gasteiger partial charge >= 0.3 is 0 Å². The van der Waals surface area contributed by atoms with E-state index in [0.717, 1.165) is 28.9 Å². The number of rotatable bonds is 4. The third-order valence-electron chi connectivity index (χ3n) is 5.86. The highest BCUT2D eigenvalue weighted by atomic mass is 32.2. The Morgan fingerprint density at radius 3 is 2.66 bits per heavy atom. The fourth-order valence-electron chi connectivity index (χ4n) is 4.18. The summed E-state index contributed by atoms with van der Waals surface area (Å²) in [5.41, 5.74) is 5.54. The molecule has 0 spiro atoms. The number of thioether (sulfide) groups is 1. The summed E-state index contributed by atoms with van der Waals surface area (Å²) >= 11 is 1.32. The van der Waals surface area contributed by atoms with Crippen LogP contribution in [0.3, 0.4) is 0 Å². The lowest BCUT2D eigenvalue weighted by atomic mass is 10.1. The summed E-state index contributed by atoms with van der Waals surface area (Å²) in [7, 11) is 0. The fraction of sp³-hybridized carbons (Fsp3) is 0.192. The standard InChI is InChI=1S/C26H23N3O2S/c1-17-11-12-18(2)23(15-17)29-25(31)20-8-4-5-9-21(20)27-26(29)32-16-24(30)28-14-13-19-7-3-6-10-22(19)28/h3-12,15H,13-14,16H2,1-2H3. The molecule has 160 valence electrons. The van der Waals surface area contributed by atoms with Crippen LogP contribution in [0.4, 0.5) is 5.69 Å². The number of hydrogen-bond acceptors (Lipinski definition) is 4. The minimum absolute atomic E-state index is 0.0230. The van der Waals surface area contributed by atoms with Crippen molar-refractivity contribution in [2.24, 2.45) is 0 Å². The second-order valence-electron chi connectivity index (χ2n) is 8.05. The number of nitrogens with zero attached hydrogens (tertiary/aromatic N) is 3. The van der Waals surface area contributed by atoms with Crippen LogP contribution in [0.25, 0.3) is 16.6 Å². The molecule has 0 N–H and O–H groups in total. The smallest absolute Gasteiger partial charge is 0.266 e. The molecule has 1 aliphatic rings. The average Bonchev–Trinajstić information content (AvgIpc) is 3.24. The van der Waals surface area contributed by atoms with Crippen LogP contribution in [0, 0.1) is 13.8 Å². The molecule has 0 saturated carbocycles. The second kappa shape index (κ2) is 8.28. The number of fused-ring (bicyclic) bond motifs is 2. The molecule has 2 heterocycles. The highest BCUT2D eigenvalue weighted by Crippen LogP contribution is 2.29. The zero-order valence-corrected chi connectivity index (χ0v) is 18.9. The number of amides is 1. The summed E-state index contributed by atoms with van der Waals surface area (Å²) in [6.07, 6.45) is 0.869. The van der Waals surface area contributed by atoms with Gasteiger partial charge in [-0.15, -0.1) is 0 Å². The van der Waals surface area contributed by atoms with Crippen molar-refractivity contribution in [1.29, 1.82) is 0 Å². The Labute approximate surface area is 190 Å². The lowest BCUT2D eigenvalue weighted by Gasteiger charge is -2.19. The van der Waals surface area contributed by atoms with Crippen LogP contribution in [-0.4, -0.2) is 27.8 Å². The number of para-hydroxylation sites is 2. The van der Waals surface area contributed by atoms with Gasteiger partial charge in [-0.1, -0.05) is 54.2 Å². The van der Waals surface area contributed by atoms with E-state index in [1.54, 1.807) is 10.6 Å². The maximum Gasteiger partial charge on any atom is 0.266 e. The number of aromatic nitrogens is 2. The van der Waals surface area contributed by atoms with Crippen molar-refractivity contribution >= 4 is 34.3 Å². The molecule has 0 radical (unpaired) electrons. The summed E-state index contributed by atoms with van der Waals surface area (Å²) in [6.45, 7) is 4.68. The van der Waals surface area contributed by atoms with Crippen LogP contribution in [-0.2, 0) is 11.2 Å². The lowest BCUT2D eigenvalue weighted by molar-refractivity contribution is -0.116. The summed E-state index contributed by atoms with van der Waals surface area (Å²) in [5, 5.41) is 1.10. The van der Waals surface area contributed by atoms with E-state index >= 15 is 0 Å². The molecule has 0 fully saturated rings. The van der Waals surface area contributed by atoms with Gasteiger partial charge in [-0.2, -0.15) is 0 Å². The summed E-state index contributed by atoms with van der Waals surface area (Å²) < 4.78 is 1.65. The zero-order valence-electron chi connectivity index (χ0n) is 18.0. The van der Waals surface area contributed by atoms with Gasteiger partial charge in [-0.05, 0) is 61.2 Å². The number of carbonyl (C=O) groups excluding carboxylic acids is 1. The van der Waals surface area contributed by atoms with Crippen LogP contribution in [0.5, 0.6) is 0 Å². The molecule has 1 aliphatic heterocycles. The third kappa shape index (κ3) is 3.60. The van der Waals surface area contributed by atoms with Gasteiger partial charge in [-0.25, -0.2) is 4.98 Å². The van der Waals surface area contributed by atoms with Gasteiger partial charge in [-0.3, -0.25) is 14.2 Å². The van der Waals surface area contributed by atoms with Crippen molar-refractivity contribution in [3.05, 3.63) is 93.8 Å². The Balaban J connectivity index is 1.54. The first-order chi connectivity index (χ1) is 15.5. The first-order valence-corrected chi connectivity index (χ1v) is 11.6. The fourth-order valence-corrected chi connectivity index (χ4v) is 5.07. The van der Waals surface area contributed by atoms with Crippen LogP contribution in [0.1, 0.15) is 16.7 Å². The SMILES string of the molecule is Cc1ccc(C)c(-n2c(SCC(=O)N3CCc4ccccc43)nc3ccccc3c2=O)c1. The van der Waals surface area contributed by atoms with Gasteiger partial charge < -0.3 is 4.90 Å². The number of anilines is 1. The van der Waals surface area contributed by atoms with E-state index in [4.69, 9.17) is 4.98 Å². The highest BCUT2D eigenvalue weighted by molar-refractivity contribution is 7.99. The molecular weight excluding hydrogens is 418 g/mol. The lowest BCUT2D eigenvalue weighted by Crippen LogP contribution is -2.31. The van der Waals surface area contributed by atoms with Gasteiger partial charge in [0.15, 0.2) is 5.16 Å². The average molecular weight is 442 g/mol. The second-order valence-corrected chi connectivity index (χ2v) is 9.00. The number of benzene rings is 3. The Kier molecular flexibility index (Phi) is 5.31. The van der Waals surface area contributed by atoms with Gasteiger partial charge in [0.1, 0.15) is 0 Å². The molecule has 5 rings (SSSR count). The summed E-state index contributed by atoms with van der Waals surface area (Å²) in [5.74, 6) is 0.235. The minimum Gasteiger partial charge on any atom is -0.311 e. The van der Waals surface area contributed by atoms with E-state index < -0.39 is 0 Å². The van der Waals surface area contributed by atoms with Crippen molar-refractivity contribution in [3.63, 3.8) is 0 Å². The Morgan fingerprint density at radius 1 is 1.00 bits per heavy atom. The van der Waals surface area contributed by atoms with Crippen LogP contribution in [0.2, 0.25) is 0 Å². The number of aryl methyl sites for hydroxylation is 2. The molecule has 1 amide bonds. The zero-order chi connectivity index (χ0) is 22.2. The van der Waals surface area contributed by atoms with Crippen molar-refractivity contribution in [2.45, 2.75) is 25.4 Å². The Hall–Kier alpha value is -3.38. The van der Waals surface area contributed by atoms with E-state index in [1.807, 2.05) is 73.3 Å². The first kappa shape index (κ1) is 20.5. The molecule has 0 bridgehead atoms. The Morgan fingerprint density at radius 2 is 1.78 bits per heavy atom. The van der Waals surface area contributed by atoms with Crippen LogP contribution < -0.4 is 10.5 Å². The van der Waals surface area contributed by atoms with Crippen molar-refractivity contribution in [1.82, 2.24) is 9.55 Å². The minimum atomic E-state index is -0.120. The summed E-state index contributed by atoms with van der Waals surface area (Å²) in [4.78, 5) is 33.2. The predicted octanol–water partition coefficient (Wildman–Crippen LogP) is 4.68. The van der Waals surface area contributed by atoms with Gasteiger partial charge in [0, 0.05) is 12.2 Å². The summed E-state index contributed by atoms with van der Waals surface area (Å²) in [6, 6.07) is 21.4. The topological polar surface area (TPSA) is 55.2 Å². The maximum atomic E-state index is 13.5. The van der Waals surface area contributed by atoms with Crippen LogP contribution in [0.15, 0.2) is 76.7 Å². The van der Waals surface area contributed by atoms with Crippen molar-refractivity contribution < 1.29 is 4.79 Å². The molecule has 5 nitrogen and oxygen atoms in total. The molecule has 3 aromatic carbocycles. The Bertz CT molecular complexity index is 1410. The highest BCUT2D eigenvalue weighted by Gasteiger charge is 2.25. The molecule has 0 atom stereocenters. The normalized spacial score (nSPS) is 12.9. The first-order valence-electron chi connectivity index (χ1n) is 10.6. The monoisotopic (exact) mass is 441 g/mol. The predicted molar refractivity (Wildman–Crippen MR) is 130 cm³/mol. The van der Waals surface area contributed by atoms with E-state index in [1.165, 1.54) is 17.3 Å². The van der Waals surface area contributed by atoms with Gasteiger partial charge in [0.05, 0.1) is 22.3 Å². The molecule has 32 heavy (non-hydrogen) atoms. The molecule has 0 unspecified atom stereocenters. The molecule has 0 aliphatic carbocycles. The van der Waals surface area contributed by atoms with Crippen molar-refractivity contribution in [2.75, 3.05) is 17.2 Å². The van der Waals surface area contributed by atoms with Gasteiger partial charge in [0.25, 0.3) is 5.56 Å². The van der Waals surface area contributed by atoms with E-state index in [0.29, 0.717) is 22.6 Å². The molecule has 4 aromatic rings. The molecular formula is C26H23N3O2S. The van der Waals surface area contributed by atoms with Crippen LogP contribution >= 0.6 is 11.8 Å². The van der Waals surface area contributed by atoms with E-state index in [9.17, 15) is 9.59 Å².